The van der Waals surface area contributed by atoms with Gasteiger partial charge in [0.25, 0.3) is 0 Å². The Morgan fingerprint density at radius 1 is 1.27 bits per heavy atom. The van der Waals surface area contributed by atoms with Gasteiger partial charge in [0.1, 0.15) is 0 Å². The summed E-state index contributed by atoms with van der Waals surface area (Å²) in [6.07, 6.45) is 5.11. The Bertz CT molecular complexity index is 198. The van der Waals surface area contributed by atoms with Gasteiger partial charge in [-0.3, -0.25) is 0 Å². The summed E-state index contributed by atoms with van der Waals surface area (Å²) >= 11 is 0. The molecule has 0 aromatic rings. The second-order valence-electron chi connectivity index (χ2n) is 4.73. The lowest BCUT2D eigenvalue weighted by atomic mass is 9.94. The number of nitrogens with one attached hydrogen (secondary N) is 1. The Morgan fingerprint density at radius 3 is 2.67 bits per heavy atom. The largest absolute Gasteiger partial charge is 0.375 e. The van der Waals surface area contributed by atoms with E-state index in [1.54, 1.807) is 0 Å². The zero-order valence-electron chi connectivity index (χ0n) is 9.92. The Kier molecular flexibility index (Phi) is 3.65. The van der Waals surface area contributed by atoms with Crippen molar-refractivity contribution in [2.75, 3.05) is 19.7 Å². The van der Waals surface area contributed by atoms with E-state index in [9.17, 15) is 0 Å². The predicted molar refractivity (Wildman–Crippen MR) is 60.0 cm³/mol. The second kappa shape index (κ2) is 4.81. The fraction of sp³-hybridized carbons (Fsp3) is 1.00. The molecule has 2 rings (SSSR count). The molecule has 0 spiro atoms. The van der Waals surface area contributed by atoms with E-state index in [1.165, 1.54) is 6.42 Å². The minimum Gasteiger partial charge on any atom is -0.375 e. The lowest BCUT2D eigenvalue weighted by Crippen LogP contribution is -2.56. The van der Waals surface area contributed by atoms with E-state index in [0.29, 0.717) is 6.10 Å². The van der Waals surface area contributed by atoms with Gasteiger partial charge in [-0.05, 0) is 25.7 Å². The summed E-state index contributed by atoms with van der Waals surface area (Å²) in [4.78, 5) is 0. The molecule has 2 saturated heterocycles. The first kappa shape index (κ1) is 11.4. The normalized spacial score (nSPS) is 35.6. The molecular weight excluding hydrogens is 190 g/mol. The van der Waals surface area contributed by atoms with Crippen LogP contribution >= 0.6 is 0 Å². The van der Waals surface area contributed by atoms with Crippen LogP contribution in [0.5, 0.6) is 0 Å². The highest BCUT2D eigenvalue weighted by atomic mass is 16.6. The molecule has 0 saturated carbocycles. The quantitative estimate of drug-likeness (QED) is 0.774. The first-order valence-corrected chi connectivity index (χ1v) is 6.30. The number of hydrogen-bond donors (Lipinski definition) is 1. The average Bonchev–Trinajstić information content (AvgIpc) is 2.82. The number of rotatable bonds is 3. The molecule has 15 heavy (non-hydrogen) atoms. The molecule has 3 heteroatoms. The maximum atomic E-state index is 6.27. The summed E-state index contributed by atoms with van der Waals surface area (Å²) in [7, 11) is 0. The summed E-state index contributed by atoms with van der Waals surface area (Å²) in [5.74, 6) is 0. The van der Waals surface area contributed by atoms with Crippen LogP contribution in [0, 0.1) is 0 Å². The molecule has 0 radical (unpaired) electrons. The van der Waals surface area contributed by atoms with Gasteiger partial charge in [-0.2, -0.15) is 0 Å². The lowest BCUT2D eigenvalue weighted by molar-refractivity contribution is -0.158. The average molecular weight is 213 g/mol. The monoisotopic (exact) mass is 213 g/mol. The van der Waals surface area contributed by atoms with Crippen molar-refractivity contribution in [3.63, 3.8) is 0 Å². The van der Waals surface area contributed by atoms with Crippen LogP contribution in [0.25, 0.3) is 0 Å². The molecule has 2 atom stereocenters. The van der Waals surface area contributed by atoms with Crippen molar-refractivity contribution in [1.82, 2.24) is 5.32 Å². The van der Waals surface area contributed by atoms with Gasteiger partial charge in [-0.25, -0.2) is 0 Å². The first-order valence-electron chi connectivity index (χ1n) is 6.30. The molecule has 0 bridgehead atoms. The molecule has 0 amide bonds. The molecule has 0 aromatic carbocycles. The van der Waals surface area contributed by atoms with Crippen molar-refractivity contribution in [2.45, 2.75) is 57.3 Å². The summed E-state index contributed by atoms with van der Waals surface area (Å²) < 4.78 is 12.0. The highest BCUT2D eigenvalue weighted by Crippen LogP contribution is 2.29. The van der Waals surface area contributed by atoms with E-state index in [2.05, 4.69) is 19.2 Å². The Hall–Kier alpha value is -0.120. The fourth-order valence-electron chi connectivity index (χ4n) is 2.62. The summed E-state index contributed by atoms with van der Waals surface area (Å²) in [5, 5.41) is 3.50. The van der Waals surface area contributed by atoms with Gasteiger partial charge in [0, 0.05) is 19.7 Å². The standard InChI is InChI=1S/C12H23NO2/c1-3-12(4-2)9-13-8-11(15-12)10-6-5-7-14-10/h10-11,13H,3-9H2,1-2H3. The van der Waals surface area contributed by atoms with Crippen LogP contribution in [0.4, 0.5) is 0 Å². The molecule has 0 aromatic heterocycles. The van der Waals surface area contributed by atoms with Crippen molar-refractivity contribution >= 4 is 0 Å². The SMILES string of the molecule is CCC1(CC)CNCC(C2CCCO2)O1. The number of morpholine rings is 1. The van der Waals surface area contributed by atoms with E-state index in [1.807, 2.05) is 0 Å². The minimum absolute atomic E-state index is 0.0505. The van der Waals surface area contributed by atoms with Gasteiger partial charge in [0.2, 0.25) is 0 Å². The number of ether oxygens (including phenoxy) is 2. The van der Waals surface area contributed by atoms with Crippen molar-refractivity contribution < 1.29 is 9.47 Å². The van der Waals surface area contributed by atoms with E-state index >= 15 is 0 Å². The molecule has 2 aliphatic rings. The third kappa shape index (κ3) is 2.35. The molecule has 88 valence electrons. The smallest absolute Gasteiger partial charge is 0.0968 e. The van der Waals surface area contributed by atoms with E-state index in [-0.39, 0.29) is 11.7 Å². The second-order valence-corrected chi connectivity index (χ2v) is 4.73. The van der Waals surface area contributed by atoms with Crippen molar-refractivity contribution in [1.29, 1.82) is 0 Å². The van der Waals surface area contributed by atoms with Crippen molar-refractivity contribution in [2.24, 2.45) is 0 Å². The van der Waals surface area contributed by atoms with Crippen LogP contribution in [0.3, 0.4) is 0 Å². The Morgan fingerprint density at radius 2 is 2.07 bits per heavy atom. The van der Waals surface area contributed by atoms with Crippen LogP contribution in [0.15, 0.2) is 0 Å². The lowest BCUT2D eigenvalue weighted by Gasteiger charge is -2.42. The Labute approximate surface area is 92.5 Å². The third-order valence-corrected chi connectivity index (χ3v) is 3.86. The van der Waals surface area contributed by atoms with E-state index in [4.69, 9.17) is 9.47 Å². The summed E-state index contributed by atoms with van der Waals surface area (Å²) in [5.41, 5.74) is 0.0505. The fourth-order valence-corrected chi connectivity index (χ4v) is 2.62. The Balaban J connectivity index is 1.96. The molecule has 2 unspecified atom stereocenters. The number of hydrogen-bond acceptors (Lipinski definition) is 3. The van der Waals surface area contributed by atoms with Crippen molar-refractivity contribution in [3.05, 3.63) is 0 Å². The van der Waals surface area contributed by atoms with Crippen LogP contribution in [0.1, 0.15) is 39.5 Å². The minimum atomic E-state index is 0.0505. The van der Waals surface area contributed by atoms with Gasteiger partial charge < -0.3 is 14.8 Å². The molecule has 2 fully saturated rings. The van der Waals surface area contributed by atoms with Gasteiger partial charge in [-0.15, -0.1) is 0 Å². The summed E-state index contributed by atoms with van der Waals surface area (Å²) in [6.45, 7) is 7.28. The highest BCUT2D eigenvalue weighted by Gasteiger charge is 2.38. The van der Waals surface area contributed by atoms with Gasteiger partial charge in [0.05, 0.1) is 17.8 Å². The molecule has 1 N–H and O–H groups in total. The van der Waals surface area contributed by atoms with E-state index in [0.717, 1.165) is 39.0 Å². The topological polar surface area (TPSA) is 30.5 Å². The van der Waals surface area contributed by atoms with Crippen LogP contribution in [0.2, 0.25) is 0 Å². The zero-order valence-corrected chi connectivity index (χ0v) is 9.92. The van der Waals surface area contributed by atoms with Crippen LogP contribution in [-0.4, -0.2) is 37.5 Å². The molecule has 2 heterocycles. The first-order chi connectivity index (χ1) is 7.29. The maximum absolute atomic E-state index is 6.27. The van der Waals surface area contributed by atoms with E-state index < -0.39 is 0 Å². The highest BCUT2D eigenvalue weighted by molar-refractivity contribution is 4.90. The van der Waals surface area contributed by atoms with Crippen LogP contribution in [-0.2, 0) is 9.47 Å². The zero-order chi connectivity index (χ0) is 10.7. The molecular formula is C12H23NO2. The predicted octanol–water partition coefficient (Wildman–Crippen LogP) is 1.71. The van der Waals surface area contributed by atoms with Gasteiger partial charge in [0.15, 0.2) is 0 Å². The molecule has 2 aliphatic heterocycles. The third-order valence-electron chi connectivity index (χ3n) is 3.86. The molecule has 0 aliphatic carbocycles. The molecule has 3 nitrogen and oxygen atoms in total. The maximum Gasteiger partial charge on any atom is 0.0968 e. The summed E-state index contributed by atoms with van der Waals surface area (Å²) in [6, 6.07) is 0. The van der Waals surface area contributed by atoms with Gasteiger partial charge in [-0.1, -0.05) is 13.8 Å². The van der Waals surface area contributed by atoms with Crippen LogP contribution < -0.4 is 5.32 Å². The van der Waals surface area contributed by atoms with Crippen molar-refractivity contribution in [3.8, 4) is 0 Å². The van der Waals surface area contributed by atoms with Gasteiger partial charge >= 0.3 is 0 Å².